The summed E-state index contributed by atoms with van der Waals surface area (Å²) >= 11 is 1.84. The quantitative estimate of drug-likeness (QED) is 0.243. The number of thiophene rings is 1. The van der Waals surface area contributed by atoms with Gasteiger partial charge < -0.3 is 0 Å². The van der Waals surface area contributed by atoms with Crippen LogP contribution in [0.4, 0.5) is 0 Å². The smallest absolute Gasteiger partial charge is 0.0355 e. The predicted octanol–water partition coefficient (Wildman–Crippen LogP) is 5.80. The Labute approximate surface area is 114 Å². The van der Waals surface area contributed by atoms with Crippen LogP contribution < -0.4 is 0 Å². The summed E-state index contributed by atoms with van der Waals surface area (Å²) in [5, 5.41) is 11.9. The van der Waals surface area contributed by atoms with Crippen LogP contribution in [0, 0.1) is 0 Å². The second kappa shape index (κ2) is 3.25. The molecule has 0 saturated carbocycles. The van der Waals surface area contributed by atoms with E-state index >= 15 is 0 Å². The Hall–Kier alpha value is -2.12. The average Bonchev–Trinajstić information content (AvgIpc) is 2.89. The van der Waals surface area contributed by atoms with Gasteiger partial charge in [-0.3, -0.25) is 0 Å². The first-order valence-corrected chi connectivity index (χ1v) is 7.33. The van der Waals surface area contributed by atoms with Crippen LogP contribution in [0.15, 0.2) is 60.0 Å². The van der Waals surface area contributed by atoms with Crippen molar-refractivity contribution in [2.24, 2.45) is 0 Å². The topological polar surface area (TPSA) is 0 Å². The molecule has 0 aliphatic carbocycles. The van der Waals surface area contributed by atoms with Gasteiger partial charge in [0.15, 0.2) is 0 Å². The molecule has 0 amide bonds. The van der Waals surface area contributed by atoms with Gasteiger partial charge in [0.05, 0.1) is 0 Å². The first-order valence-electron chi connectivity index (χ1n) is 6.45. The minimum atomic E-state index is 1.33. The Balaban J connectivity index is 2.25. The van der Waals surface area contributed by atoms with E-state index in [2.05, 4.69) is 60.0 Å². The van der Waals surface area contributed by atoms with E-state index in [1.807, 2.05) is 11.3 Å². The third-order valence-electron chi connectivity index (χ3n) is 4.06. The molecule has 0 nitrogen and oxygen atoms in total. The second-order valence-corrected chi connectivity index (χ2v) is 5.98. The summed E-state index contributed by atoms with van der Waals surface area (Å²) in [6.07, 6.45) is 0. The minimum Gasteiger partial charge on any atom is -0.143 e. The second-order valence-electron chi connectivity index (χ2n) is 5.07. The Kier molecular flexibility index (Phi) is 1.67. The molecule has 0 N–H and O–H groups in total. The summed E-state index contributed by atoms with van der Waals surface area (Å²) in [7, 11) is 0. The summed E-state index contributed by atoms with van der Waals surface area (Å²) < 4.78 is 1.39. The molecule has 0 atom stereocenters. The van der Waals surface area contributed by atoms with Crippen molar-refractivity contribution in [3.05, 3.63) is 60.0 Å². The molecule has 4 aromatic carbocycles. The van der Waals surface area contributed by atoms with Gasteiger partial charge in [-0.15, -0.1) is 11.3 Å². The van der Waals surface area contributed by atoms with E-state index in [0.717, 1.165) is 0 Å². The highest BCUT2D eigenvalue weighted by Gasteiger charge is 2.11. The molecule has 0 saturated heterocycles. The summed E-state index contributed by atoms with van der Waals surface area (Å²) in [5.41, 5.74) is 0. The predicted molar refractivity (Wildman–Crippen MR) is 85.5 cm³/mol. The standard InChI is InChI=1S/C18H10S/c1-2-4-14-11(3-1)9-12-6-8-16-18-13(10-19-16)5-7-15(14)17(12)18/h1-10H. The lowest BCUT2D eigenvalue weighted by atomic mass is 9.94. The lowest BCUT2D eigenvalue weighted by molar-refractivity contribution is 1.81. The highest BCUT2D eigenvalue weighted by Crippen LogP contribution is 2.40. The van der Waals surface area contributed by atoms with E-state index in [1.54, 1.807) is 0 Å². The van der Waals surface area contributed by atoms with Crippen molar-refractivity contribution in [1.29, 1.82) is 0 Å². The molecule has 5 aromatic rings. The third-order valence-corrected chi connectivity index (χ3v) is 5.03. The van der Waals surface area contributed by atoms with E-state index in [9.17, 15) is 0 Å². The zero-order valence-corrected chi connectivity index (χ0v) is 11.0. The van der Waals surface area contributed by atoms with Gasteiger partial charge in [-0.25, -0.2) is 0 Å². The molecule has 1 heteroatoms. The lowest BCUT2D eigenvalue weighted by Crippen LogP contribution is -1.82. The third kappa shape index (κ3) is 1.14. The minimum absolute atomic E-state index is 1.33. The number of hydrogen-bond acceptors (Lipinski definition) is 1. The van der Waals surface area contributed by atoms with E-state index < -0.39 is 0 Å². The van der Waals surface area contributed by atoms with Crippen molar-refractivity contribution in [2.45, 2.75) is 0 Å². The Morgan fingerprint density at radius 1 is 0.632 bits per heavy atom. The molecule has 19 heavy (non-hydrogen) atoms. The fourth-order valence-corrected chi connectivity index (χ4v) is 4.15. The number of rotatable bonds is 0. The fraction of sp³-hybridized carbons (Fsp3) is 0. The van der Waals surface area contributed by atoms with Crippen molar-refractivity contribution in [3.8, 4) is 0 Å². The van der Waals surface area contributed by atoms with Crippen LogP contribution in [-0.4, -0.2) is 0 Å². The number of hydrogen-bond donors (Lipinski definition) is 0. The summed E-state index contributed by atoms with van der Waals surface area (Å²) in [6.45, 7) is 0. The van der Waals surface area contributed by atoms with Crippen molar-refractivity contribution >= 4 is 53.7 Å². The average molecular weight is 258 g/mol. The molecular formula is C18H10S. The van der Waals surface area contributed by atoms with Gasteiger partial charge in [-0.1, -0.05) is 42.5 Å². The maximum atomic E-state index is 2.31. The van der Waals surface area contributed by atoms with Gasteiger partial charge >= 0.3 is 0 Å². The molecule has 0 radical (unpaired) electrons. The van der Waals surface area contributed by atoms with Crippen LogP contribution in [0.5, 0.6) is 0 Å². The van der Waals surface area contributed by atoms with Crippen molar-refractivity contribution in [2.75, 3.05) is 0 Å². The van der Waals surface area contributed by atoms with Crippen molar-refractivity contribution < 1.29 is 0 Å². The summed E-state index contributed by atoms with van der Waals surface area (Å²) in [5.74, 6) is 0. The van der Waals surface area contributed by atoms with Crippen LogP contribution in [0.1, 0.15) is 0 Å². The maximum absolute atomic E-state index is 2.31. The fourth-order valence-electron chi connectivity index (χ4n) is 3.22. The van der Waals surface area contributed by atoms with Gasteiger partial charge in [-0.05, 0) is 49.8 Å². The summed E-state index contributed by atoms with van der Waals surface area (Å²) in [6, 6.07) is 20.0. The van der Waals surface area contributed by atoms with Gasteiger partial charge in [0.25, 0.3) is 0 Å². The first-order chi connectivity index (χ1) is 9.42. The molecule has 0 fully saturated rings. The van der Waals surface area contributed by atoms with Crippen LogP contribution >= 0.6 is 11.3 Å². The zero-order valence-electron chi connectivity index (χ0n) is 10.2. The highest BCUT2D eigenvalue weighted by atomic mass is 32.1. The zero-order chi connectivity index (χ0) is 12.4. The SMILES string of the molecule is c1ccc2c(c1)cc1ccc3scc4ccc2c1c43. The molecule has 88 valence electrons. The van der Waals surface area contributed by atoms with Gasteiger partial charge in [0, 0.05) is 10.1 Å². The van der Waals surface area contributed by atoms with E-state index in [4.69, 9.17) is 0 Å². The van der Waals surface area contributed by atoms with Crippen LogP contribution in [-0.2, 0) is 0 Å². The summed E-state index contributed by atoms with van der Waals surface area (Å²) in [4.78, 5) is 0. The van der Waals surface area contributed by atoms with Gasteiger partial charge in [0.1, 0.15) is 0 Å². The molecule has 5 rings (SSSR count). The molecule has 0 spiro atoms. The first kappa shape index (κ1) is 9.76. The van der Waals surface area contributed by atoms with E-state index in [1.165, 1.54) is 42.4 Å². The Morgan fingerprint density at radius 3 is 2.53 bits per heavy atom. The number of fused-ring (bicyclic) bond motifs is 2. The van der Waals surface area contributed by atoms with E-state index in [-0.39, 0.29) is 0 Å². The monoisotopic (exact) mass is 258 g/mol. The molecule has 0 unspecified atom stereocenters. The van der Waals surface area contributed by atoms with Crippen LogP contribution in [0.3, 0.4) is 0 Å². The van der Waals surface area contributed by atoms with Crippen molar-refractivity contribution in [1.82, 2.24) is 0 Å². The van der Waals surface area contributed by atoms with Crippen LogP contribution in [0.25, 0.3) is 42.4 Å². The van der Waals surface area contributed by atoms with Crippen molar-refractivity contribution in [3.63, 3.8) is 0 Å². The maximum Gasteiger partial charge on any atom is 0.0355 e. The normalized spacial score (nSPS) is 12.2. The van der Waals surface area contributed by atoms with E-state index in [0.29, 0.717) is 0 Å². The molecule has 0 aliphatic heterocycles. The molecular weight excluding hydrogens is 248 g/mol. The van der Waals surface area contributed by atoms with Gasteiger partial charge in [0.2, 0.25) is 0 Å². The largest absolute Gasteiger partial charge is 0.143 e. The molecule has 1 aromatic heterocycles. The Bertz CT molecular complexity index is 1040. The van der Waals surface area contributed by atoms with Gasteiger partial charge in [-0.2, -0.15) is 0 Å². The molecule has 1 heterocycles. The molecule has 0 aliphatic rings. The Morgan fingerprint density at radius 2 is 1.53 bits per heavy atom. The number of benzene rings is 4. The highest BCUT2D eigenvalue weighted by molar-refractivity contribution is 7.18. The van der Waals surface area contributed by atoms with Crippen LogP contribution in [0.2, 0.25) is 0 Å². The molecule has 0 bridgehead atoms. The lowest BCUT2D eigenvalue weighted by Gasteiger charge is -2.09.